The molecule has 0 nitrogen and oxygen atoms in total. The first-order valence-electron chi connectivity index (χ1n) is 3.27. The van der Waals surface area contributed by atoms with Gasteiger partial charge in [0, 0.05) is 0 Å². The molecule has 0 amide bonds. The third-order valence-electron chi connectivity index (χ3n) is 1.03. The molecule has 0 aromatic rings. The average molecular weight is 110 g/mol. The van der Waals surface area contributed by atoms with Gasteiger partial charge in [-0.25, -0.2) is 0 Å². The Balaban J connectivity index is 2.80. The number of allylic oxidation sites excluding steroid dienone is 2. The first kappa shape index (κ1) is 7.74. The van der Waals surface area contributed by atoms with E-state index in [1.165, 1.54) is 19.3 Å². The average Bonchev–Trinajstić information content (AvgIpc) is 1.81. The molecule has 0 aromatic carbocycles. The molecule has 0 aliphatic rings. The summed E-state index contributed by atoms with van der Waals surface area (Å²) in [6.07, 6.45) is 8.59. The highest BCUT2D eigenvalue weighted by atomic mass is 13.8. The molecule has 0 unspecified atom stereocenters. The topological polar surface area (TPSA) is 0 Å². The summed E-state index contributed by atoms with van der Waals surface area (Å²) in [4.78, 5) is 0. The molecule has 0 rings (SSSR count). The fourth-order valence-electron chi connectivity index (χ4n) is 0.536. The summed E-state index contributed by atoms with van der Waals surface area (Å²) in [7, 11) is 0. The van der Waals surface area contributed by atoms with Crippen molar-refractivity contribution in [3.05, 3.63) is 19.1 Å². The Morgan fingerprint density at radius 1 is 1.38 bits per heavy atom. The summed E-state index contributed by atoms with van der Waals surface area (Å²) in [6.45, 7) is 7.41. The van der Waals surface area contributed by atoms with E-state index in [1.54, 1.807) is 0 Å². The van der Waals surface area contributed by atoms with Gasteiger partial charge in [0.1, 0.15) is 0 Å². The first-order valence-corrected chi connectivity index (χ1v) is 3.27. The second-order valence-corrected chi connectivity index (χ2v) is 1.85. The van der Waals surface area contributed by atoms with Crippen LogP contribution in [0.4, 0.5) is 0 Å². The SMILES string of the molecule is [CH]C/C=C/CCCC. The third-order valence-corrected chi connectivity index (χ3v) is 1.03. The van der Waals surface area contributed by atoms with E-state index in [1.807, 2.05) is 6.08 Å². The van der Waals surface area contributed by atoms with Gasteiger partial charge in [0.25, 0.3) is 0 Å². The van der Waals surface area contributed by atoms with Crippen LogP contribution in [0.25, 0.3) is 0 Å². The molecule has 8 heavy (non-hydrogen) atoms. The van der Waals surface area contributed by atoms with Crippen LogP contribution >= 0.6 is 0 Å². The van der Waals surface area contributed by atoms with Gasteiger partial charge in [-0.2, -0.15) is 0 Å². The summed E-state index contributed by atoms with van der Waals surface area (Å²) in [5, 5.41) is 0. The number of unbranched alkanes of at least 4 members (excludes halogenated alkanes) is 2. The van der Waals surface area contributed by atoms with Gasteiger partial charge in [-0.3, -0.25) is 0 Å². The summed E-state index contributed by atoms with van der Waals surface area (Å²) in [5.41, 5.74) is 0. The van der Waals surface area contributed by atoms with Crippen LogP contribution in [-0.4, -0.2) is 0 Å². The van der Waals surface area contributed by atoms with Crippen molar-refractivity contribution in [1.82, 2.24) is 0 Å². The van der Waals surface area contributed by atoms with Crippen molar-refractivity contribution in [1.29, 1.82) is 0 Å². The highest BCUT2D eigenvalue weighted by Crippen LogP contribution is 1.94. The molecule has 0 spiro atoms. The fraction of sp³-hybridized carbons (Fsp3) is 0.625. The lowest BCUT2D eigenvalue weighted by atomic mass is 10.2. The minimum absolute atomic E-state index is 0.684. The van der Waals surface area contributed by atoms with Gasteiger partial charge in [-0.1, -0.05) is 31.9 Å². The molecule has 0 fully saturated rings. The normalized spacial score (nSPS) is 10.8. The Kier molecular flexibility index (Phi) is 6.52. The van der Waals surface area contributed by atoms with E-state index in [0.29, 0.717) is 6.42 Å². The van der Waals surface area contributed by atoms with Crippen molar-refractivity contribution < 1.29 is 0 Å². The van der Waals surface area contributed by atoms with E-state index in [-0.39, 0.29) is 0 Å². The van der Waals surface area contributed by atoms with Gasteiger partial charge in [-0.05, 0) is 19.8 Å². The van der Waals surface area contributed by atoms with Crippen LogP contribution in [0.3, 0.4) is 0 Å². The number of hydrogen-bond acceptors (Lipinski definition) is 0. The maximum atomic E-state index is 5.22. The summed E-state index contributed by atoms with van der Waals surface area (Å²) >= 11 is 0. The van der Waals surface area contributed by atoms with E-state index >= 15 is 0 Å². The van der Waals surface area contributed by atoms with Crippen LogP contribution < -0.4 is 0 Å². The quantitative estimate of drug-likeness (QED) is 0.385. The molecular weight excluding hydrogens is 96.1 g/mol. The van der Waals surface area contributed by atoms with Crippen LogP contribution in [0.5, 0.6) is 0 Å². The fourth-order valence-corrected chi connectivity index (χ4v) is 0.536. The Bertz CT molecular complexity index is 53.1. The van der Waals surface area contributed by atoms with Gasteiger partial charge in [0.15, 0.2) is 0 Å². The predicted molar refractivity (Wildman–Crippen MR) is 37.6 cm³/mol. The van der Waals surface area contributed by atoms with Crippen molar-refractivity contribution in [3.8, 4) is 0 Å². The zero-order valence-electron chi connectivity index (χ0n) is 5.56. The Hall–Kier alpha value is -0.260. The highest BCUT2D eigenvalue weighted by Gasteiger charge is 1.74. The van der Waals surface area contributed by atoms with E-state index in [2.05, 4.69) is 13.0 Å². The van der Waals surface area contributed by atoms with Crippen LogP contribution in [0.15, 0.2) is 12.2 Å². The van der Waals surface area contributed by atoms with Crippen LogP contribution in [0.1, 0.15) is 32.6 Å². The molecule has 2 radical (unpaired) electrons. The third kappa shape index (κ3) is 5.74. The molecule has 0 N–H and O–H groups in total. The maximum Gasteiger partial charge on any atom is -0.0311 e. The predicted octanol–water partition coefficient (Wildman–Crippen LogP) is 2.83. The van der Waals surface area contributed by atoms with Crippen molar-refractivity contribution in [2.24, 2.45) is 0 Å². The Morgan fingerprint density at radius 3 is 2.62 bits per heavy atom. The van der Waals surface area contributed by atoms with Gasteiger partial charge in [-0.15, -0.1) is 0 Å². The molecule has 0 atom stereocenters. The van der Waals surface area contributed by atoms with Gasteiger partial charge >= 0.3 is 0 Å². The second kappa shape index (κ2) is 6.74. The number of rotatable bonds is 4. The van der Waals surface area contributed by atoms with Crippen LogP contribution in [-0.2, 0) is 0 Å². The molecule has 0 heteroatoms. The lowest BCUT2D eigenvalue weighted by molar-refractivity contribution is 0.813. The van der Waals surface area contributed by atoms with Crippen molar-refractivity contribution >= 4 is 0 Å². The molecule has 0 heterocycles. The van der Waals surface area contributed by atoms with E-state index in [4.69, 9.17) is 6.92 Å². The molecule has 0 aliphatic heterocycles. The van der Waals surface area contributed by atoms with Gasteiger partial charge < -0.3 is 0 Å². The zero-order chi connectivity index (χ0) is 6.24. The molecular formula is C8H14. The Labute approximate surface area is 52.6 Å². The summed E-state index contributed by atoms with van der Waals surface area (Å²) in [5.74, 6) is 0. The molecule has 0 saturated heterocycles. The van der Waals surface area contributed by atoms with Crippen molar-refractivity contribution in [2.45, 2.75) is 32.6 Å². The number of hydrogen-bond donors (Lipinski definition) is 0. The second-order valence-electron chi connectivity index (χ2n) is 1.85. The van der Waals surface area contributed by atoms with E-state index < -0.39 is 0 Å². The van der Waals surface area contributed by atoms with Crippen molar-refractivity contribution in [3.63, 3.8) is 0 Å². The standard InChI is InChI=1S/C8H14/c1-3-5-7-8-6-4-2/h1,5,7H,3-4,6,8H2,2H3/b7-5+. The van der Waals surface area contributed by atoms with Crippen LogP contribution in [0.2, 0.25) is 0 Å². The van der Waals surface area contributed by atoms with E-state index in [9.17, 15) is 0 Å². The largest absolute Gasteiger partial charge is 0.0885 e. The lowest BCUT2D eigenvalue weighted by Crippen LogP contribution is -1.65. The van der Waals surface area contributed by atoms with Crippen molar-refractivity contribution in [2.75, 3.05) is 0 Å². The molecule has 0 bridgehead atoms. The molecule has 0 aliphatic carbocycles. The molecule has 0 saturated carbocycles. The minimum Gasteiger partial charge on any atom is -0.0885 e. The monoisotopic (exact) mass is 110 g/mol. The van der Waals surface area contributed by atoms with Gasteiger partial charge in [0.2, 0.25) is 0 Å². The summed E-state index contributed by atoms with van der Waals surface area (Å²) < 4.78 is 0. The highest BCUT2D eigenvalue weighted by molar-refractivity contribution is 4.81. The Morgan fingerprint density at radius 2 is 2.12 bits per heavy atom. The molecule has 46 valence electrons. The maximum absolute atomic E-state index is 5.22. The summed E-state index contributed by atoms with van der Waals surface area (Å²) in [6, 6.07) is 0. The molecule has 0 aromatic heterocycles. The van der Waals surface area contributed by atoms with Gasteiger partial charge in [0.05, 0.1) is 0 Å². The smallest absolute Gasteiger partial charge is 0.0311 e. The van der Waals surface area contributed by atoms with Crippen LogP contribution in [0, 0.1) is 6.92 Å². The van der Waals surface area contributed by atoms with E-state index in [0.717, 1.165) is 0 Å². The zero-order valence-corrected chi connectivity index (χ0v) is 5.56. The lowest BCUT2D eigenvalue weighted by Gasteiger charge is -1.85. The first-order chi connectivity index (χ1) is 3.91. The minimum atomic E-state index is 0.684.